The van der Waals surface area contributed by atoms with Crippen molar-refractivity contribution < 1.29 is 8.42 Å². The third kappa shape index (κ3) is 3.64. The number of rotatable bonds is 5. The number of aromatic nitrogens is 2. The fraction of sp³-hybridized carbons (Fsp3) is 0.786. The van der Waals surface area contributed by atoms with Crippen LogP contribution in [0.1, 0.15) is 43.8 Å². The molecule has 1 saturated carbocycles. The first-order valence-electron chi connectivity index (χ1n) is 7.74. The molecule has 0 spiro atoms. The first kappa shape index (κ1) is 15.0. The van der Waals surface area contributed by atoms with Crippen LogP contribution in [0.2, 0.25) is 0 Å². The normalized spacial score (nSPS) is 24.3. The molecule has 2 aliphatic rings. The molecule has 21 heavy (non-hydrogen) atoms. The molecular weight excluding hydrogens is 288 g/mol. The van der Waals surface area contributed by atoms with Gasteiger partial charge in [-0.25, -0.2) is 13.1 Å². The minimum atomic E-state index is -3.11. The Morgan fingerprint density at radius 3 is 2.86 bits per heavy atom. The van der Waals surface area contributed by atoms with Gasteiger partial charge >= 0.3 is 0 Å². The molecule has 6 nitrogen and oxygen atoms in total. The van der Waals surface area contributed by atoms with Crippen molar-refractivity contribution in [2.24, 2.45) is 0 Å². The molecule has 2 heterocycles. The van der Waals surface area contributed by atoms with Gasteiger partial charge in [-0.05, 0) is 25.3 Å². The summed E-state index contributed by atoms with van der Waals surface area (Å²) < 4.78 is 27.1. The third-order valence-corrected chi connectivity index (χ3v) is 5.32. The molecule has 0 radical (unpaired) electrons. The molecule has 0 bridgehead atoms. The average Bonchev–Trinajstić information content (AvgIpc) is 3.08. The molecule has 0 amide bonds. The van der Waals surface area contributed by atoms with Gasteiger partial charge in [-0.1, -0.05) is 12.8 Å². The van der Waals surface area contributed by atoms with Gasteiger partial charge in [-0.2, -0.15) is 5.10 Å². The molecule has 1 fully saturated rings. The predicted molar refractivity (Wildman–Crippen MR) is 81.4 cm³/mol. The van der Waals surface area contributed by atoms with Crippen LogP contribution in [0.3, 0.4) is 0 Å². The molecule has 3 rings (SSSR count). The number of nitrogens with one attached hydrogen (secondary N) is 1. The van der Waals surface area contributed by atoms with Gasteiger partial charge in [0.2, 0.25) is 10.0 Å². The SMILES string of the molecule is CS(=O)(=O)NCC[C@@H]1CN(C2CCCC2)Cc2ccnn21. The van der Waals surface area contributed by atoms with E-state index in [1.54, 1.807) is 0 Å². The molecule has 1 aliphatic carbocycles. The number of nitrogens with zero attached hydrogens (tertiary/aromatic N) is 3. The van der Waals surface area contributed by atoms with E-state index < -0.39 is 10.0 Å². The second-order valence-electron chi connectivity index (χ2n) is 6.24. The van der Waals surface area contributed by atoms with Crippen LogP contribution >= 0.6 is 0 Å². The number of hydrogen-bond donors (Lipinski definition) is 1. The Kier molecular flexibility index (Phi) is 4.33. The highest BCUT2D eigenvalue weighted by atomic mass is 32.2. The van der Waals surface area contributed by atoms with E-state index in [0.717, 1.165) is 19.5 Å². The van der Waals surface area contributed by atoms with Crippen LogP contribution in [0.4, 0.5) is 0 Å². The van der Waals surface area contributed by atoms with Gasteiger partial charge in [-0.3, -0.25) is 9.58 Å². The van der Waals surface area contributed by atoms with Crippen molar-refractivity contribution in [3.63, 3.8) is 0 Å². The first-order valence-corrected chi connectivity index (χ1v) is 9.63. The fourth-order valence-electron chi connectivity index (χ4n) is 3.59. The molecule has 1 atom stereocenters. The average molecular weight is 312 g/mol. The van der Waals surface area contributed by atoms with Crippen molar-refractivity contribution in [3.8, 4) is 0 Å². The molecule has 1 aliphatic heterocycles. The highest BCUT2D eigenvalue weighted by Crippen LogP contribution is 2.30. The van der Waals surface area contributed by atoms with E-state index in [-0.39, 0.29) is 6.04 Å². The maximum atomic E-state index is 11.2. The van der Waals surface area contributed by atoms with Gasteiger partial charge < -0.3 is 0 Å². The Morgan fingerprint density at radius 1 is 1.38 bits per heavy atom. The fourth-order valence-corrected chi connectivity index (χ4v) is 4.08. The summed E-state index contributed by atoms with van der Waals surface area (Å²) in [6, 6.07) is 3.04. The lowest BCUT2D eigenvalue weighted by atomic mass is 10.1. The molecular formula is C14H24N4O2S. The molecule has 0 aromatic carbocycles. The van der Waals surface area contributed by atoms with Gasteiger partial charge in [-0.15, -0.1) is 0 Å². The standard InChI is InChI=1S/C14H24N4O2S/c1-21(19,20)16-9-7-14-11-17(12-4-2-3-5-12)10-13-6-8-15-18(13)14/h6,8,12,14,16H,2-5,7,9-11H2,1H3/t14-/m1/s1. The highest BCUT2D eigenvalue weighted by molar-refractivity contribution is 7.88. The van der Waals surface area contributed by atoms with Gasteiger partial charge in [0.05, 0.1) is 18.0 Å². The summed E-state index contributed by atoms with van der Waals surface area (Å²) in [7, 11) is -3.11. The van der Waals surface area contributed by atoms with E-state index in [1.165, 1.54) is 37.6 Å². The van der Waals surface area contributed by atoms with E-state index in [0.29, 0.717) is 12.6 Å². The van der Waals surface area contributed by atoms with E-state index in [1.807, 2.05) is 6.20 Å². The molecule has 0 unspecified atom stereocenters. The second kappa shape index (κ2) is 6.06. The maximum Gasteiger partial charge on any atom is 0.208 e. The first-order chi connectivity index (χ1) is 10.0. The summed E-state index contributed by atoms with van der Waals surface area (Å²) in [5, 5.41) is 4.43. The summed E-state index contributed by atoms with van der Waals surface area (Å²) in [6.07, 6.45) is 9.10. The number of sulfonamides is 1. The van der Waals surface area contributed by atoms with Crippen LogP contribution in [0.25, 0.3) is 0 Å². The Labute approximate surface area is 126 Å². The summed E-state index contributed by atoms with van der Waals surface area (Å²) >= 11 is 0. The van der Waals surface area contributed by atoms with Crippen LogP contribution < -0.4 is 4.72 Å². The summed E-state index contributed by atoms with van der Waals surface area (Å²) in [6.45, 7) is 2.42. The summed E-state index contributed by atoms with van der Waals surface area (Å²) in [4.78, 5) is 2.56. The monoisotopic (exact) mass is 312 g/mol. The predicted octanol–water partition coefficient (Wildman–Crippen LogP) is 1.12. The second-order valence-corrected chi connectivity index (χ2v) is 8.08. The van der Waals surface area contributed by atoms with E-state index in [4.69, 9.17) is 0 Å². The molecule has 1 aromatic heterocycles. The zero-order valence-corrected chi connectivity index (χ0v) is 13.3. The molecule has 7 heteroatoms. The van der Waals surface area contributed by atoms with Gasteiger partial charge in [0.1, 0.15) is 0 Å². The van der Waals surface area contributed by atoms with Crippen LogP contribution in [0, 0.1) is 0 Å². The topological polar surface area (TPSA) is 67.2 Å². The smallest absolute Gasteiger partial charge is 0.208 e. The lowest BCUT2D eigenvalue weighted by Crippen LogP contribution is -2.43. The van der Waals surface area contributed by atoms with Crippen molar-refractivity contribution >= 4 is 10.0 Å². The Hall–Kier alpha value is -0.920. The van der Waals surface area contributed by atoms with Crippen molar-refractivity contribution in [1.82, 2.24) is 19.4 Å². The summed E-state index contributed by atoms with van der Waals surface area (Å²) in [5.74, 6) is 0. The van der Waals surface area contributed by atoms with Crippen LogP contribution in [-0.2, 0) is 16.6 Å². The lowest BCUT2D eigenvalue weighted by Gasteiger charge is -2.37. The van der Waals surface area contributed by atoms with Gasteiger partial charge in [0.25, 0.3) is 0 Å². The largest absolute Gasteiger partial charge is 0.292 e. The Morgan fingerprint density at radius 2 is 2.14 bits per heavy atom. The molecule has 1 N–H and O–H groups in total. The van der Waals surface area contributed by atoms with Crippen molar-refractivity contribution in [2.75, 3.05) is 19.3 Å². The van der Waals surface area contributed by atoms with Crippen LogP contribution in [0.15, 0.2) is 12.3 Å². The van der Waals surface area contributed by atoms with Crippen molar-refractivity contribution in [2.45, 2.75) is 50.7 Å². The quantitative estimate of drug-likeness (QED) is 0.885. The van der Waals surface area contributed by atoms with Gasteiger partial charge in [0, 0.05) is 31.9 Å². The van der Waals surface area contributed by atoms with Crippen LogP contribution in [-0.4, -0.2) is 48.5 Å². The minimum Gasteiger partial charge on any atom is -0.292 e. The number of hydrogen-bond acceptors (Lipinski definition) is 4. The molecule has 0 saturated heterocycles. The maximum absolute atomic E-state index is 11.2. The zero-order chi connectivity index (χ0) is 14.9. The van der Waals surface area contributed by atoms with Crippen molar-refractivity contribution in [1.29, 1.82) is 0 Å². The minimum absolute atomic E-state index is 0.263. The Bertz CT molecular complexity index is 578. The van der Waals surface area contributed by atoms with E-state index in [2.05, 4.69) is 25.5 Å². The number of fused-ring (bicyclic) bond motifs is 1. The van der Waals surface area contributed by atoms with E-state index in [9.17, 15) is 8.42 Å². The van der Waals surface area contributed by atoms with Crippen LogP contribution in [0.5, 0.6) is 0 Å². The van der Waals surface area contributed by atoms with Gasteiger partial charge in [0.15, 0.2) is 0 Å². The third-order valence-electron chi connectivity index (χ3n) is 4.59. The lowest BCUT2D eigenvalue weighted by molar-refractivity contribution is 0.120. The summed E-state index contributed by atoms with van der Waals surface area (Å²) in [5.41, 5.74) is 1.25. The highest BCUT2D eigenvalue weighted by Gasteiger charge is 2.31. The van der Waals surface area contributed by atoms with E-state index >= 15 is 0 Å². The zero-order valence-electron chi connectivity index (χ0n) is 12.5. The molecule has 118 valence electrons. The Balaban J connectivity index is 1.67. The molecule has 1 aromatic rings. The van der Waals surface area contributed by atoms with Crippen molar-refractivity contribution in [3.05, 3.63) is 18.0 Å².